The normalized spacial score (nSPS) is 10.7. The minimum atomic E-state index is 0.198. The summed E-state index contributed by atoms with van der Waals surface area (Å²) in [6.45, 7) is 5.04. The summed E-state index contributed by atoms with van der Waals surface area (Å²) in [5.41, 5.74) is 1.03. The Bertz CT molecular complexity index is 401. The Morgan fingerprint density at radius 2 is 1.85 bits per heavy atom. The number of amides is 1. The Hall–Kier alpha value is -1.03. The second kappa shape index (κ2) is 9.01. The van der Waals surface area contributed by atoms with E-state index in [0.29, 0.717) is 12.5 Å². The monoisotopic (exact) mass is 341 g/mol. The van der Waals surface area contributed by atoms with Crippen molar-refractivity contribution in [3.05, 3.63) is 29.8 Å². The number of rotatable bonds is 8. The number of benzene rings is 1. The maximum atomic E-state index is 12.5. The van der Waals surface area contributed by atoms with Gasteiger partial charge < -0.3 is 9.64 Å². The largest absolute Gasteiger partial charge is 0.497 e. The molecule has 0 atom stereocenters. The molecule has 1 rings (SSSR count). The quantitative estimate of drug-likeness (QED) is 0.675. The Morgan fingerprint density at radius 3 is 2.30 bits per heavy atom. The van der Waals surface area contributed by atoms with Crippen molar-refractivity contribution in [2.45, 2.75) is 39.2 Å². The number of methoxy groups -OCH3 is 1. The van der Waals surface area contributed by atoms with Gasteiger partial charge in [-0.3, -0.25) is 4.79 Å². The number of nitrogens with zero attached hydrogens (tertiary/aromatic N) is 1. The summed E-state index contributed by atoms with van der Waals surface area (Å²) in [5, 5.41) is 0.817. The van der Waals surface area contributed by atoms with Gasteiger partial charge in [0, 0.05) is 17.9 Å². The molecular formula is C16H24BrNO2. The lowest BCUT2D eigenvalue weighted by molar-refractivity contribution is -0.132. The first-order valence-corrected chi connectivity index (χ1v) is 8.26. The van der Waals surface area contributed by atoms with Crippen LogP contribution in [0.25, 0.3) is 0 Å². The van der Waals surface area contributed by atoms with Gasteiger partial charge in [-0.15, -0.1) is 0 Å². The molecule has 0 saturated heterocycles. The van der Waals surface area contributed by atoms with Crippen LogP contribution in [0.1, 0.15) is 32.3 Å². The summed E-state index contributed by atoms with van der Waals surface area (Å²) in [7, 11) is 1.64. The molecule has 0 spiro atoms. The highest BCUT2D eigenvalue weighted by atomic mass is 79.9. The fourth-order valence-corrected chi connectivity index (χ4v) is 2.73. The van der Waals surface area contributed by atoms with Gasteiger partial charge in [-0.05, 0) is 30.5 Å². The van der Waals surface area contributed by atoms with Gasteiger partial charge in [0.25, 0.3) is 0 Å². The van der Waals surface area contributed by atoms with Crippen molar-refractivity contribution < 1.29 is 9.53 Å². The summed E-state index contributed by atoms with van der Waals surface area (Å²) in [5.74, 6) is 1.02. The molecule has 1 aromatic rings. The fourth-order valence-electron chi connectivity index (χ4n) is 2.35. The molecule has 3 nitrogen and oxygen atoms in total. The van der Waals surface area contributed by atoms with Crippen LogP contribution in [-0.2, 0) is 11.2 Å². The third-order valence-electron chi connectivity index (χ3n) is 3.54. The van der Waals surface area contributed by atoms with Crippen LogP contribution in [0.3, 0.4) is 0 Å². The van der Waals surface area contributed by atoms with Gasteiger partial charge in [-0.2, -0.15) is 0 Å². The molecule has 1 amide bonds. The van der Waals surface area contributed by atoms with E-state index in [1.165, 1.54) is 0 Å². The van der Waals surface area contributed by atoms with Gasteiger partial charge in [0.15, 0.2) is 0 Å². The van der Waals surface area contributed by atoms with Crippen molar-refractivity contribution in [1.82, 2.24) is 4.90 Å². The van der Waals surface area contributed by atoms with Crippen molar-refractivity contribution in [2.75, 3.05) is 19.0 Å². The third kappa shape index (κ3) is 4.82. The van der Waals surface area contributed by atoms with Gasteiger partial charge in [0.2, 0.25) is 5.91 Å². The van der Waals surface area contributed by atoms with Crippen molar-refractivity contribution in [2.24, 2.45) is 0 Å². The Morgan fingerprint density at radius 1 is 1.25 bits per heavy atom. The molecule has 0 aliphatic carbocycles. The van der Waals surface area contributed by atoms with E-state index in [1.54, 1.807) is 7.11 Å². The maximum absolute atomic E-state index is 12.5. The minimum Gasteiger partial charge on any atom is -0.497 e. The molecule has 4 heteroatoms. The van der Waals surface area contributed by atoms with Crippen molar-refractivity contribution in [3.63, 3.8) is 0 Å². The number of carbonyl (C=O) groups excluding carboxylic acids is 1. The first-order chi connectivity index (χ1) is 9.65. The number of hydrogen-bond acceptors (Lipinski definition) is 2. The first-order valence-electron chi connectivity index (χ1n) is 7.14. The minimum absolute atomic E-state index is 0.198. The molecule has 0 radical (unpaired) electrons. The average Bonchev–Trinajstić information content (AvgIpc) is 2.48. The van der Waals surface area contributed by atoms with Gasteiger partial charge in [0.05, 0.1) is 13.5 Å². The zero-order valence-corrected chi connectivity index (χ0v) is 14.1. The predicted octanol–water partition coefficient (Wildman–Crippen LogP) is 3.65. The second-order valence-corrected chi connectivity index (χ2v) is 5.56. The predicted molar refractivity (Wildman–Crippen MR) is 86.6 cm³/mol. The summed E-state index contributed by atoms with van der Waals surface area (Å²) in [6, 6.07) is 8.04. The molecule has 0 aromatic heterocycles. The van der Waals surface area contributed by atoms with Crippen LogP contribution in [0, 0.1) is 0 Å². The van der Waals surface area contributed by atoms with Gasteiger partial charge in [-0.25, -0.2) is 0 Å². The Kier molecular flexibility index (Phi) is 7.67. The highest BCUT2D eigenvalue weighted by molar-refractivity contribution is 9.09. The van der Waals surface area contributed by atoms with E-state index in [-0.39, 0.29) is 5.91 Å². The molecule has 0 N–H and O–H groups in total. The van der Waals surface area contributed by atoms with Crippen LogP contribution in [0.4, 0.5) is 0 Å². The molecule has 0 unspecified atom stereocenters. The summed E-state index contributed by atoms with van der Waals surface area (Å²) in [4.78, 5) is 14.5. The van der Waals surface area contributed by atoms with E-state index < -0.39 is 0 Å². The Labute approximate surface area is 130 Å². The van der Waals surface area contributed by atoms with Crippen molar-refractivity contribution >= 4 is 21.8 Å². The van der Waals surface area contributed by atoms with E-state index in [9.17, 15) is 4.79 Å². The fraction of sp³-hybridized carbons (Fsp3) is 0.562. The number of carbonyl (C=O) groups is 1. The number of alkyl halides is 1. The molecule has 0 saturated carbocycles. The first kappa shape index (κ1) is 17.0. The number of ether oxygens (including phenoxy) is 1. The number of hydrogen-bond donors (Lipinski definition) is 0. The highest BCUT2D eigenvalue weighted by Gasteiger charge is 2.20. The summed E-state index contributed by atoms with van der Waals surface area (Å²) >= 11 is 3.44. The molecular weight excluding hydrogens is 318 g/mol. The van der Waals surface area contributed by atoms with E-state index in [4.69, 9.17) is 4.74 Å². The van der Waals surface area contributed by atoms with E-state index in [1.807, 2.05) is 29.2 Å². The molecule has 0 heterocycles. The standard InChI is InChI=1S/C16H24BrNO2/c1-4-14(5-2)18(11-10-17)16(19)12-13-6-8-15(20-3)9-7-13/h6-9,14H,4-5,10-12H2,1-3H3. The molecule has 0 aliphatic heterocycles. The van der Waals surface area contributed by atoms with Crippen LogP contribution in [0.15, 0.2) is 24.3 Å². The topological polar surface area (TPSA) is 29.5 Å². The number of halogens is 1. The lowest BCUT2D eigenvalue weighted by Gasteiger charge is -2.30. The molecule has 1 aromatic carbocycles. The highest BCUT2D eigenvalue weighted by Crippen LogP contribution is 2.15. The van der Waals surface area contributed by atoms with Gasteiger partial charge in [0.1, 0.15) is 5.75 Å². The molecule has 112 valence electrons. The van der Waals surface area contributed by atoms with Crippen LogP contribution in [-0.4, -0.2) is 35.8 Å². The van der Waals surface area contributed by atoms with Gasteiger partial charge in [-0.1, -0.05) is 41.9 Å². The second-order valence-electron chi connectivity index (χ2n) is 4.77. The summed E-state index contributed by atoms with van der Waals surface area (Å²) < 4.78 is 5.13. The van der Waals surface area contributed by atoms with Crippen LogP contribution in [0.5, 0.6) is 5.75 Å². The van der Waals surface area contributed by atoms with Crippen LogP contribution in [0.2, 0.25) is 0 Å². The molecule has 20 heavy (non-hydrogen) atoms. The van der Waals surface area contributed by atoms with E-state index in [0.717, 1.165) is 36.0 Å². The SMILES string of the molecule is CCC(CC)N(CCBr)C(=O)Cc1ccc(OC)cc1. The zero-order valence-electron chi connectivity index (χ0n) is 12.6. The molecule has 0 bridgehead atoms. The average molecular weight is 342 g/mol. The lowest BCUT2D eigenvalue weighted by Crippen LogP contribution is -2.41. The van der Waals surface area contributed by atoms with E-state index in [2.05, 4.69) is 29.8 Å². The smallest absolute Gasteiger partial charge is 0.227 e. The Balaban J connectivity index is 2.73. The third-order valence-corrected chi connectivity index (χ3v) is 3.90. The lowest BCUT2D eigenvalue weighted by atomic mass is 10.1. The maximum Gasteiger partial charge on any atom is 0.227 e. The van der Waals surface area contributed by atoms with Crippen molar-refractivity contribution in [3.8, 4) is 5.75 Å². The van der Waals surface area contributed by atoms with Crippen molar-refractivity contribution in [1.29, 1.82) is 0 Å². The van der Waals surface area contributed by atoms with E-state index >= 15 is 0 Å². The summed E-state index contributed by atoms with van der Waals surface area (Å²) in [6.07, 6.45) is 2.45. The van der Waals surface area contributed by atoms with Crippen LogP contribution >= 0.6 is 15.9 Å². The zero-order chi connectivity index (χ0) is 15.0. The molecule has 0 aliphatic rings. The molecule has 0 fully saturated rings. The van der Waals surface area contributed by atoms with Gasteiger partial charge >= 0.3 is 0 Å². The van der Waals surface area contributed by atoms with Crippen LogP contribution < -0.4 is 4.74 Å².